The molecule has 0 rings (SSSR count). The molecule has 0 spiro atoms. The second-order valence-electron chi connectivity index (χ2n) is 7.52. The summed E-state index contributed by atoms with van der Waals surface area (Å²) in [5.74, 6) is 1.70. The Morgan fingerprint density at radius 3 is 1.90 bits per heavy atom. The minimum absolute atomic E-state index is 0.573. The third-order valence-electron chi connectivity index (χ3n) is 4.60. The highest BCUT2D eigenvalue weighted by Gasteiger charge is 2.13. The third kappa shape index (κ3) is 9.77. The summed E-state index contributed by atoms with van der Waals surface area (Å²) in [7, 11) is 2.26. The zero-order valence-electron chi connectivity index (χ0n) is 15.4. The van der Waals surface area contributed by atoms with Crippen molar-refractivity contribution >= 4 is 0 Å². The summed E-state index contributed by atoms with van der Waals surface area (Å²) in [4.78, 5) is 2.51. The molecule has 2 heteroatoms. The first-order valence-corrected chi connectivity index (χ1v) is 8.70. The number of nitrogens with one attached hydrogen (secondary N) is 1. The highest BCUT2D eigenvalue weighted by Crippen LogP contribution is 2.18. The number of unbranched alkanes of at least 4 members (excludes halogenated alkanes) is 1. The van der Waals surface area contributed by atoms with Crippen LogP contribution >= 0.6 is 0 Å². The Morgan fingerprint density at radius 1 is 0.850 bits per heavy atom. The van der Waals surface area contributed by atoms with E-state index in [-0.39, 0.29) is 0 Å². The van der Waals surface area contributed by atoms with Crippen molar-refractivity contribution in [1.29, 1.82) is 0 Å². The molecule has 0 aliphatic rings. The number of rotatable bonds is 11. The summed E-state index contributed by atoms with van der Waals surface area (Å²) in [5, 5.41) is 3.58. The molecule has 0 aromatic rings. The molecule has 0 fully saturated rings. The number of likely N-dealkylation sites (N-methyl/N-ethyl adjacent to an activating group) is 1. The summed E-state index contributed by atoms with van der Waals surface area (Å²) in [5.41, 5.74) is 0. The highest BCUT2D eigenvalue weighted by atomic mass is 15.1. The quantitative estimate of drug-likeness (QED) is 0.560. The van der Waals surface area contributed by atoms with Gasteiger partial charge in [-0.1, -0.05) is 53.9 Å². The fraction of sp³-hybridized carbons (Fsp3) is 1.00. The molecular formula is C18H40N2. The van der Waals surface area contributed by atoms with Gasteiger partial charge in [0.1, 0.15) is 0 Å². The van der Waals surface area contributed by atoms with Crippen molar-refractivity contribution in [3.8, 4) is 0 Å². The highest BCUT2D eigenvalue weighted by molar-refractivity contribution is 4.72. The molecule has 0 saturated carbocycles. The largest absolute Gasteiger partial charge is 0.311 e. The van der Waals surface area contributed by atoms with Crippen molar-refractivity contribution in [2.45, 2.75) is 92.3 Å². The molecule has 0 amide bonds. The molecule has 0 heterocycles. The van der Waals surface area contributed by atoms with Crippen LogP contribution in [0.4, 0.5) is 0 Å². The van der Waals surface area contributed by atoms with Gasteiger partial charge in [0.25, 0.3) is 0 Å². The first kappa shape index (κ1) is 19.9. The van der Waals surface area contributed by atoms with E-state index in [1.165, 1.54) is 25.7 Å². The molecule has 0 aromatic carbocycles. The standard InChI is InChI=1S/C18H40N2/c1-14(2)16(5)11-9-10-12-18(7)20(8)13-17(6)19-15(3)4/h14-19H,9-13H2,1-8H3. The van der Waals surface area contributed by atoms with Crippen LogP contribution in [0.1, 0.15) is 74.1 Å². The Balaban J connectivity index is 3.77. The molecule has 2 nitrogen and oxygen atoms in total. The second kappa shape index (κ2) is 10.6. The van der Waals surface area contributed by atoms with Crippen molar-refractivity contribution in [1.82, 2.24) is 10.2 Å². The van der Waals surface area contributed by atoms with Crippen molar-refractivity contribution in [3.05, 3.63) is 0 Å². The Kier molecular flexibility index (Phi) is 10.6. The molecule has 0 saturated heterocycles. The monoisotopic (exact) mass is 284 g/mol. The van der Waals surface area contributed by atoms with Crippen LogP contribution in [-0.2, 0) is 0 Å². The minimum atomic E-state index is 0.573. The minimum Gasteiger partial charge on any atom is -0.311 e. The first-order valence-electron chi connectivity index (χ1n) is 8.70. The maximum atomic E-state index is 3.58. The molecule has 3 atom stereocenters. The zero-order chi connectivity index (χ0) is 15.7. The fourth-order valence-electron chi connectivity index (χ4n) is 2.69. The van der Waals surface area contributed by atoms with Crippen molar-refractivity contribution in [3.63, 3.8) is 0 Å². The number of hydrogen-bond acceptors (Lipinski definition) is 2. The van der Waals surface area contributed by atoms with E-state index in [1.54, 1.807) is 0 Å². The van der Waals surface area contributed by atoms with Crippen LogP contribution in [0.3, 0.4) is 0 Å². The second-order valence-corrected chi connectivity index (χ2v) is 7.52. The van der Waals surface area contributed by atoms with Gasteiger partial charge in [-0.25, -0.2) is 0 Å². The van der Waals surface area contributed by atoms with Crippen LogP contribution in [-0.4, -0.2) is 36.6 Å². The van der Waals surface area contributed by atoms with Gasteiger partial charge < -0.3 is 10.2 Å². The molecule has 1 N–H and O–H groups in total. The van der Waals surface area contributed by atoms with E-state index in [2.05, 4.69) is 65.7 Å². The maximum Gasteiger partial charge on any atom is 0.0169 e. The number of hydrogen-bond donors (Lipinski definition) is 1. The Morgan fingerprint density at radius 2 is 1.40 bits per heavy atom. The van der Waals surface area contributed by atoms with Crippen LogP contribution in [0, 0.1) is 11.8 Å². The summed E-state index contributed by atoms with van der Waals surface area (Å²) in [6, 6.07) is 1.84. The lowest BCUT2D eigenvalue weighted by atomic mass is 9.92. The van der Waals surface area contributed by atoms with Gasteiger partial charge in [0, 0.05) is 24.7 Å². The normalized spacial score (nSPS) is 16.9. The van der Waals surface area contributed by atoms with Gasteiger partial charge in [-0.15, -0.1) is 0 Å². The van der Waals surface area contributed by atoms with E-state index in [9.17, 15) is 0 Å². The molecule has 122 valence electrons. The van der Waals surface area contributed by atoms with Gasteiger partial charge in [-0.3, -0.25) is 0 Å². The Bertz CT molecular complexity index is 225. The molecule has 0 aromatic heterocycles. The van der Waals surface area contributed by atoms with E-state index in [0.29, 0.717) is 18.1 Å². The summed E-state index contributed by atoms with van der Waals surface area (Å²) < 4.78 is 0. The molecule has 0 aliphatic heterocycles. The molecule has 0 aliphatic carbocycles. The van der Waals surface area contributed by atoms with Gasteiger partial charge in [-0.2, -0.15) is 0 Å². The SMILES string of the molecule is CC(C)NC(C)CN(C)C(C)CCCCC(C)C(C)C. The van der Waals surface area contributed by atoms with E-state index < -0.39 is 0 Å². The van der Waals surface area contributed by atoms with Crippen molar-refractivity contribution in [2.75, 3.05) is 13.6 Å². The topological polar surface area (TPSA) is 15.3 Å². The van der Waals surface area contributed by atoms with Crippen LogP contribution in [0.25, 0.3) is 0 Å². The van der Waals surface area contributed by atoms with Crippen LogP contribution in [0.15, 0.2) is 0 Å². The smallest absolute Gasteiger partial charge is 0.0169 e. The lowest BCUT2D eigenvalue weighted by Crippen LogP contribution is -2.43. The van der Waals surface area contributed by atoms with Crippen LogP contribution in [0.2, 0.25) is 0 Å². The lowest BCUT2D eigenvalue weighted by molar-refractivity contribution is 0.215. The van der Waals surface area contributed by atoms with Gasteiger partial charge in [0.05, 0.1) is 0 Å². The Labute approximate surface area is 128 Å². The zero-order valence-corrected chi connectivity index (χ0v) is 15.4. The average Bonchev–Trinajstić information content (AvgIpc) is 2.32. The van der Waals surface area contributed by atoms with Crippen molar-refractivity contribution in [2.24, 2.45) is 11.8 Å². The maximum absolute atomic E-state index is 3.58. The van der Waals surface area contributed by atoms with Crippen molar-refractivity contribution < 1.29 is 0 Å². The van der Waals surface area contributed by atoms with Gasteiger partial charge in [0.15, 0.2) is 0 Å². The molecular weight excluding hydrogens is 244 g/mol. The number of nitrogens with zero attached hydrogens (tertiary/aromatic N) is 1. The van der Waals surface area contributed by atoms with Gasteiger partial charge >= 0.3 is 0 Å². The van der Waals surface area contributed by atoms with Gasteiger partial charge in [0.2, 0.25) is 0 Å². The predicted octanol–water partition coefficient (Wildman–Crippen LogP) is 4.55. The average molecular weight is 285 g/mol. The lowest BCUT2D eigenvalue weighted by Gasteiger charge is -2.29. The fourth-order valence-corrected chi connectivity index (χ4v) is 2.69. The molecule has 0 radical (unpaired) electrons. The van der Waals surface area contributed by atoms with Crippen LogP contribution < -0.4 is 5.32 Å². The van der Waals surface area contributed by atoms with E-state index in [4.69, 9.17) is 0 Å². The molecule has 3 unspecified atom stereocenters. The van der Waals surface area contributed by atoms with E-state index in [0.717, 1.165) is 18.4 Å². The van der Waals surface area contributed by atoms with Crippen LogP contribution in [0.5, 0.6) is 0 Å². The van der Waals surface area contributed by atoms with Gasteiger partial charge in [-0.05, 0) is 39.2 Å². The first-order chi connectivity index (χ1) is 9.23. The Hall–Kier alpha value is -0.0800. The molecule has 0 bridgehead atoms. The third-order valence-corrected chi connectivity index (χ3v) is 4.60. The van der Waals surface area contributed by atoms with E-state index in [1.807, 2.05) is 0 Å². The predicted molar refractivity (Wildman–Crippen MR) is 92.3 cm³/mol. The molecule has 20 heavy (non-hydrogen) atoms. The van der Waals surface area contributed by atoms with E-state index >= 15 is 0 Å². The summed E-state index contributed by atoms with van der Waals surface area (Å²) >= 11 is 0. The summed E-state index contributed by atoms with van der Waals surface area (Å²) in [6.07, 6.45) is 5.47. The summed E-state index contributed by atoms with van der Waals surface area (Å²) in [6.45, 7) is 17.3.